The van der Waals surface area contributed by atoms with Gasteiger partial charge in [-0.15, -0.1) is 11.6 Å². The molecule has 1 unspecified atom stereocenters. The van der Waals surface area contributed by atoms with Crippen molar-refractivity contribution in [3.05, 3.63) is 34.9 Å². The molecular weight excluding hydrogens is 218 g/mol. The summed E-state index contributed by atoms with van der Waals surface area (Å²) in [5.41, 5.74) is 4.19. The van der Waals surface area contributed by atoms with Crippen LogP contribution in [0.5, 0.6) is 0 Å². The summed E-state index contributed by atoms with van der Waals surface area (Å²) in [6.07, 6.45) is 0. The van der Waals surface area contributed by atoms with Gasteiger partial charge >= 0.3 is 0 Å². The summed E-state index contributed by atoms with van der Waals surface area (Å²) in [4.78, 5) is 0. The lowest BCUT2D eigenvalue weighted by Crippen LogP contribution is -2.19. The van der Waals surface area contributed by atoms with Crippen LogP contribution in [0.1, 0.15) is 43.5 Å². The monoisotopic (exact) mass is 239 g/mol. The number of halogens is 1. The number of hydrogen-bond acceptors (Lipinski definition) is 1. The van der Waals surface area contributed by atoms with Crippen LogP contribution in [0.4, 0.5) is 0 Å². The Bertz CT molecular complexity index is 348. The van der Waals surface area contributed by atoms with E-state index < -0.39 is 0 Å². The van der Waals surface area contributed by atoms with E-state index in [2.05, 4.69) is 51.2 Å². The summed E-state index contributed by atoms with van der Waals surface area (Å²) < 4.78 is 0. The van der Waals surface area contributed by atoms with Crippen LogP contribution in [0.15, 0.2) is 18.2 Å². The predicted molar refractivity (Wildman–Crippen MR) is 72.4 cm³/mol. The maximum Gasteiger partial charge on any atom is 0.0457 e. The zero-order valence-corrected chi connectivity index (χ0v) is 11.7. The first-order chi connectivity index (χ1) is 7.40. The van der Waals surface area contributed by atoms with Gasteiger partial charge in [-0.25, -0.2) is 0 Å². The molecule has 1 rings (SSSR count). The lowest BCUT2D eigenvalue weighted by atomic mass is 9.85. The highest BCUT2D eigenvalue weighted by Gasteiger charge is 2.16. The van der Waals surface area contributed by atoms with Gasteiger partial charge in [-0.2, -0.15) is 0 Å². The average molecular weight is 240 g/mol. The summed E-state index contributed by atoms with van der Waals surface area (Å²) in [6, 6.07) is 6.92. The summed E-state index contributed by atoms with van der Waals surface area (Å²) in [5, 5.41) is 3.24. The number of nitrogens with one attached hydrogen (secondary N) is 1. The molecule has 0 bridgehead atoms. The third-order valence-corrected chi connectivity index (χ3v) is 3.32. The van der Waals surface area contributed by atoms with Gasteiger partial charge in [-0.05, 0) is 36.1 Å². The van der Waals surface area contributed by atoms with E-state index in [0.717, 1.165) is 0 Å². The molecule has 90 valence electrons. The van der Waals surface area contributed by atoms with Crippen molar-refractivity contribution in [2.75, 3.05) is 12.9 Å². The van der Waals surface area contributed by atoms with E-state index >= 15 is 0 Å². The Labute approximate surface area is 104 Å². The fourth-order valence-corrected chi connectivity index (χ4v) is 2.17. The van der Waals surface area contributed by atoms with Crippen LogP contribution in [0, 0.1) is 6.92 Å². The van der Waals surface area contributed by atoms with Gasteiger partial charge in [0.25, 0.3) is 0 Å². The Morgan fingerprint density at radius 2 is 1.94 bits per heavy atom. The van der Waals surface area contributed by atoms with Gasteiger partial charge in [0.15, 0.2) is 0 Å². The molecule has 1 aromatic rings. The number of aryl methyl sites for hydroxylation is 1. The number of rotatable bonds is 3. The van der Waals surface area contributed by atoms with Gasteiger partial charge in [-0.1, -0.05) is 39.0 Å². The summed E-state index contributed by atoms with van der Waals surface area (Å²) >= 11 is 5.94. The van der Waals surface area contributed by atoms with E-state index in [9.17, 15) is 0 Å². The SMILES string of the molecule is CNC(CCl)c1ccc(C(C)(C)C)cc1C. The lowest BCUT2D eigenvalue weighted by molar-refractivity contribution is 0.587. The van der Waals surface area contributed by atoms with E-state index in [-0.39, 0.29) is 11.5 Å². The second-order valence-electron chi connectivity index (χ2n) is 5.32. The van der Waals surface area contributed by atoms with Crippen LogP contribution in [-0.4, -0.2) is 12.9 Å². The summed E-state index contributed by atoms with van der Waals surface area (Å²) in [5.74, 6) is 0.603. The zero-order chi connectivity index (χ0) is 12.3. The van der Waals surface area contributed by atoms with Crippen LogP contribution < -0.4 is 5.32 Å². The van der Waals surface area contributed by atoms with Crippen molar-refractivity contribution >= 4 is 11.6 Å². The quantitative estimate of drug-likeness (QED) is 0.792. The van der Waals surface area contributed by atoms with Crippen molar-refractivity contribution in [3.63, 3.8) is 0 Å². The first kappa shape index (κ1) is 13.5. The van der Waals surface area contributed by atoms with Crippen molar-refractivity contribution in [2.45, 2.75) is 39.2 Å². The minimum Gasteiger partial charge on any atom is -0.312 e. The highest BCUT2D eigenvalue weighted by atomic mass is 35.5. The molecule has 0 aliphatic rings. The fraction of sp³-hybridized carbons (Fsp3) is 0.571. The first-order valence-electron chi connectivity index (χ1n) is 5.74. The molecule has 0 saturated heterocycles. The number of hydrogen-bond donors (Lipinski definition) is 1. The first-order valence-corrected chi connectivity index (χ1v) is 6.28. The normalized spacial score (nSPS) is 13.9. The van der Waals surface area contributed by atoms with Gasteiger partial charge in [0.2, 0.25) is 0 Å². The second-order valence-corrected chi connectivity index (χ2v) is 5.63. The van der Waals surface area contributed by atoms with Crippen LogP contribution in [0.25, 0.3) is 0 Å². The van der Waals surface area contributed by atoms with E-state index in [0.29, 0.717) is 5.88 Å². The maximum absolute atomic E-state index is 5.94. The summed E-state index contributed by atoms with van der Waals surface area (Å²) in [7, 11) is 1.95. The number of alkyl halides is 1. The van der Waals surface area contributed by atoms with E-state index in [1.807, 2.05) is 7.05 Å². The number of benzene rings is 1. The molecule has 1 nitrogen and oxygen atoms in total. The van der Waals surface area contributed by atoms with Crippen molar-refractivity contribution in [3.8, 4) is 0 Å². The van der Waals surface area contributed by atoms with E-state index in [1.54, 1.807) is 0 Å². The molecule has 16 heavy (non-hydrogen) atoms. The fourth-order valence-electron chi connectivity index (χ4n) is 1.85. The zero-order valence-electron chi connectivity index (χ0n) is 10.9. The van der Waals surface area contributed by atoms with Crippen LogP contribution in [0.2, 0.25) is 0 Å². The van der Waals surface area contributed by atoms with Crippen LogP contribution >= 0.6 is 11.6 Å². The van der Waals surface area contributed by atoms with Crippen molar-refractivity contribution < 1.29 is 0 Å². The molecule has 0 aliphatic carbocycles. The van der Waals surface area contributed by atoms with Crippen molar-refractivity contribution in [1.29, 1.82) is 0 Å². The molecule has 0 aliphatic heterocycles. The van der Waals surface area contributed by atoms with Gasteiger partial charge < -0.3 is 5.32 Å². The van der Waals surface area contributed by atoms with Crippen molar-refractivity contribution in [1.82, 2.24) is 5.32 Å². The third-order valence-electron chi connectivity index (χ3n) is 3.01. The highest BCUT2D eigenvalue weighted by molar-refractivity contribution is 6.18. The highest BCUT2D eigenvalue weighted by Crippen LogP contribution is 2.27. The Morgan fingerprint density at radius 3 is 2.31 bits per heavy atom. The topological polar surface area (TPSA) is 12.0 Å². The molecule has 1 atom stereocenters. The van der Waals surface area contributed by atoms with Gasteiger partial charge in [-0.3, -0.25) is 0 Å². The Hall–Kier alpha value is -0.530. The third kappa shape index (κ3) is 2.99. The standard InChI is InChI=1S/C14H22ClN/c1-10-8-11(14(2,3)4)6-7-12(10)13(9-15)16-5/h6-8,13,16H,9H2,1-5H3. The smallest absolute Gasteiger partial charge is 0.0457 e. The largest absolute Gasteiger partial charge is 0.312 e. The Kier molecular flexibility index (Phi) is 4.40. The summed E-state index contributed by atoms with van der Waals surface area (Å²) in [6.45, 7) is 8.86. The van der Waals surface area contributed by atoms with E-state index in [4.69, 9.17) is 11.6 Å². The molecule has 0 fully saturated rings. The van der Waals surface area contributed by atoms with Crippen molar-refractivity contribution in [2.24, 2.45) is 0 Å². The van der Waals surface area contributed by atoms with Gasteiger partial charge in [0.05, 0.1) is 0 Å². The molecule has 0 spiro atoms. The maximum atomic E-state index is 5.94. The van der Waals surface area contributed by atoms with Gasteiger partial charge in [0.1, 0.15) is 0 Å². The lowest BCUT2D eigenvalue weighted by Gasteiger charge is -2.22. The second kappa shape index (κ2) is 5.20. The molecule has 0 radical (unpaired) electrons. The van der Waals surface area contributed by atoms with E-state index in [1.165, 1.54) is 16.7 Å². The Morgan fingerprint density at radius 1 is 1.31 bits per heavy atom. The van der Waals surface area contributed by atoms with Gasteiger partial charge in [0, 0.05) is 11.9 Å². The molecular formula is C14H22ClN. The molecule has 0 aromatic heterocycles. The molecule has 0 saturated carbocycles. The molecule has 2 heteroatoms. The van der Waals surface area contributed by atoms with Crippen LogP contribution in [-0.2, 0) is 5.41 Å². The minimum atomic E-state index is 0.208. The average Bonchev–Trinajstić information content (AvgIpc) is 2.20. The molecule has 1 aromatic carbocycles. The minimum absolute atomic E-state index is 0.208. The predicted octanol–water partition coefficient (Wildman–Crippen LogP) is 3.79. The molecule has 0 amide bonds. The van der Waals surface area contributed by atoms with Crippen LogP contribution in [0.3, 0.4) is 0 Å². The Balaban J connectivity index is 3.09. The molecule has 0 heterocycles. The molecule has 1 N–H and O–H groups in total.